The lowest BCUT2D eigenvalue weighted by molar-refractivity contribution is 0.102. The number of carbonyl (C=O) groups is 1. The molecule has 7 nitrogen and oxygen atoms in total. The largest absolute Gasteiger partial charge is 0.321 e. The van der Waals surface area contributed by atoms with Crippen LogP contribution in [0.2, 0.25) is 5.02 Å². The highest BCUT2D eigenvalue weighted by molar-refractivity contribution is 7.90. The van der Waals surface area contributed by atoms with Gasteiger partial charge in [-0.3, -0.25) is 14.1 Å². The molecule has 1 aromatic carbocycles. The van der Waals surface area contributed by atoms with E-state index in [1.165, 1.54) is 43.6 Å². The zero-order valence-electron chi connectivity index (χ0n) is 15.0. The normalized spacial score (nSPS) is 24.9. The van der Waals surface area contributed by atoms with Crippen molar-refractivity contribution in [2.24, 2.45) is 4.99 Å². The first-order valence-corrected chi connectivity index (χ1v) is 10.3. The maximum absolute atomic E-state index is 14.6. The quantitative estimate of drug-likeness (QED) is 0.823. The third-order valence-corrected chi connectivity index (χ3v) is 7.61. The van der Waals surface area contributed by atoms with Crippen molar-refractivity contribution >= 4 is 39.1 Å². The first-order valence-electron chi connectivity index (χ1n) is 8.42. The van der Waals surface area contributed by atoms with E-state index in [0.717, 1.165) is 4.31 Å². The van der Waals surface area contributed by atoms with Crippen LogP contribution in [0.4, 0.5) is 10.1 Å². The minimum absolute atomic E-state index is 0.147. The van der Waals surface area contributed by atoms with Gasteiger partial charge in [-0.25, -0.2) is 17.8 Å². The number of rotatable bonds is 3. The van der Waals surface area contributed by atoms with Gasteiger partial charge in [-0.05, 0) is 43.7 Å². The lowest BCUT2D eigenvalue weighted by Crippen LogP contribution is -2.41. The third kappa shape index (κ3) is 2.85. The Morgan fingerprint density at radius 3 is 2.79 bits per heavy atom. The molecule has 28 heavy (non-hydrogen) atoms. The number of anilines is 1. The van der Waals surface area contributed by atoms with Gasteiger partial charge in [0, 0.05) is 24.5 Å². The van der Waals surface area contributed by atoms with Crippen LogP contribution in [0.1, 0.15) is 29.4 Å². The molecular formula is C18H16ClFN4O3S. The molecule has 1 saturated carbocycles. The summed E-state index contributed by atoms with van der Waals surface area (Å²) in [6, 6.07) is 7.03. The molecule has 2 aliphatic rings. The van der Waals surface area contributed by atoms with Crippen molar-refractivity contribution in [1.29, 1.82) is 0 Å². The number of fused-ring (bicyclic) bond motifs is 1. The number of pyridine rings is 1. The summed E-state index contributed by atoms with van der Waals surface area (Å²) in [7, 11) is -2.16. The number of benzene rings is 1. The highest BCUT2D eigenvalue weighted by atomic mass is 35.5. The van der Waals surface area contributed by atoms with Crippen LogP contribution in [-0.2, 0) is 15.6 Å². The summed E-state index contributed by atoms with van der Waals surface area (Å²) >= 11 is 5.77. The van der Waals surface area contributed by atoms with Crippen molar-refractivity contribution < 1.29 is 17.6 Å². The fourth-order valence-corrected chi connectivity index (χ4v) is 5.45. The Morgan fingerprint density at radius 2 is 2.11 bits per heavy atom. The molecule has 2 aromatic rings. The molecule has 0 spiro atoms. The summed E-state index contributed by atoms with van der Waals surface area (Å²) in [6.45, 7) is 1.57. The molecule has 1 fully saturated rings. The van der Waals surface area contributed by atoms with Crippen molar-refractivity contribution in [1.82, 2.24) is 9.29 Å². The van der Waals surface area contributed by atoms with Crippen molar-refractivity contribution in [2.75, 3.05) is 12.4 Å². The first kappa shape index (κ1) is 18.8. The average Bonchev–Trinajstić information content (AvgIpc) is 3.39. The van der Waals surface area contributed by atoms with Gasteiger partial charge < -0.3 is 5.32 Å². The number of nitrogens with zero attached hydrogens (tertiary/aromatic N) is 3. The van der Waals surface area contributed by atoms with Gasteiger partial charge in [-0.15, -0.1) is 0 Å². The van der Waals surface area contributed by atoms with Gasteiger partial charge in [0.25, 0.3) is 5.91 Å². The topological polar surface area (TPSA) is 91.7 Å². The van der Waals surface area contributed by atoms with Crippen LogP contribution in [0.15, 0.2) is 41.5 Å². The van der Waals surface area contributed by atoms with Crippen LogP contribution in [0, 0.1) is 5.82 Å². The predicted octanol–water partition coefficient (Wildman–Crippen LogP) is 2.79. The minimum Gasteiger partial charge on any atom is -0.321 e. The number of aliphatic imine (C=N–C) groups is 1. The zero-order chi connectivity index (χ0) is 20.3. The Morgan fingerprint density at radius 1 is 1.36 bits per heavy atom. The van der Waals surface area contributed by atoms with Gasteiger partial charge in [-0.2, -0.15) is 0 Å². The number of sulfonamides is 1. The fourth-order valence-electron chi connectivity index (χ4n) is 3.41. The van der Waals surface area contributed by atoms with E-state index < -0.39 is 32.5 Å². The number of carbonyl (C=O) groups excluding carboxylic acids is 1. The lowest BCUT2D eigenvalue weighted by atomic mass is 10.0. The van der Waals surface area contributed by atoms with Gasteiger partial charge in [0.2, 0.25) is 10.0 Å². The Labute approximate surface area is 166 Å². The van der Waals surface area contributed by atoms with E-state index in [9.17, 15) is 17.6 Å². The van der Waals surface area contributed by atoms with Crippen LogP contribution in [0.3, 0.4) is 0 Å². The third-order valence-electron chi connectivity index (χ3n) is 5.08. The van der Waals surface area contributed by atoms with E-state index in [1.807, 2.05) is 0 Å². The van der Waals surface area contributed by atoms with Gasteiger partial charge in [0.05, 0.1) is 5.02 Å². The first-order chi connectivity index (χ1) is 13.1. The van der Waals surface area contributed by atoms with Gasteiger partial charge >= 0.3 is 0 Å². The van der Waals surface area contributed by atoms with Crippen molar-refractivity contribution in [2.45, 2.75) is 24.1 Å². The number of amides is 1. The summed E-state index contributed by atoms with van der Waals surface area (Å²) in [5, 5.41) is 2.23. The summed E-state index contributed by atoms with van der Waals surface area (Å²) in [4.78, 5) is 20.8. The maximum atomic E-state index is 14.6. The molecule has 2 atom stereocenters. The second kappa shape index (κ2) is 6.25. The Balaban J connectivity index is 1.68. The van der Waals surface area contributed by atoms with Crippen molar-refractivity contribution in [3.63, 3.8) is 0 Å². The molecule has 0 saturated heterocycles. The Hall–Kier alpha value is -2.52. The minimum atomic E-state index is -3.60. The smallest absolute Gasteiger partial charge is 0.274 e. The molecule has 1 amide bonds. The van der Waals surface area contributed by atoms with Crippen LogP contribution < -0.4 is 5.32 Å². The molecule has 146 valence electrons. The Kier molecular flexibility index (Phi) is 4.20. The molecule has 0 bridgehead atoms. The standard InChI is InChI=1S/C18H16ClFN4O3S/c1-10-23-18(8-16(18)28(26,27)24(10)2)13-7-12(4-5-14(13)20)22-17(25)15-6-3-11(19)9-21-15/h3-7,9,16H,8H2,1-2H3,(H,22,25). The van der Waals surface area contributed by atoms with Gasteiger partial charge in [-0.1, -0.05) is 11.6 Å². The van der Waals surface area contributed by atoms with E-state index in [-0.39, 0.29) is 17.7 Å². The molecule has 1 aliphatic carbocycles. The maximum Gasteiger partial charge on any atom is 0.274 e. The van der Waals surface area contributed by atoms with E-state index in [0.29, 0.717) is 16.5 Å². The summed E-state index contributed by atoms with van der Waals surface area (Å²) in [5.41, 5.74) is -0.537. The molecule has 4 rings (SSSR count). The monoisotopic (exact) mass is 422 g/mol. The fraction of sp³-hybridized carbons (Fsp3) is 0.278. The number of hydrogen-bond acceptors (Lipinski definition) is 5. The second-order valence-electron chi connectivity index (χ2n) is 6.80. The van der Waals surface area contributed by atoms with Gasteiger partial charge in [0.1, 0.15) is 28.1 Å². The van der Waals surface area contributed by atoms with Crippen molar-refractivity contribution in [3.8, 4) is 0 Å². The second-order valence-corrected chi connectivity index (χ2v) is 9.38. The van der Waals surface area contributed by atoms with Crippen LogP contribution in [0.5, 0.6) is 0 Å². The number of nitrogens with one attached hydrogen (secondary N) is 1. The SMILES string of the molecule is CC1=NC2(c3cc(NC(=O)c4ccc(Cl)cn4)ccc3F)CC2S(=O)(=O)N1C. The van der Waals surface area contributed by atoms with E-state index in [1.54, 1.807) is 6.92 Å². The van der Waals surface area contributed by atoms with Gasteiger partial charge in [0.15, 0.2) is 0 Å². The summed E-state index contributed by atoms with van der Waals surface area (Å²) in [5.74, 6) is -0.760. The Bertz CT molecular complexity index is 1120. The summed E-state index contributed by atoms with van der Waals surface area (Å²) in [6.07, 6.45) is 1.55. The average molecular weight is 423 g/mol. The summed E-state index contributed by atoms with van der Waals surface area (Å²) < 4.78 is 40.8. The number of halogens is 2. The molecule has 2 unspecified atom stereocenters. The van der Waals surface area contributed by atoms with E-state index >= 15 is 0 Å². The molecule has 0 radical (unpaired) electrons. The highest BCUT2D eigenvalue weighted by Crippen LogP contribution is 2.57. The molecule has 10 heteroatoms. The van der Waals surface area contributed by atoms with Crippen LogP contribution in [0.25, 0.3) is 0 Å². The predicted molar refractivity (Wildman–Crippen MR) is 103 cm³/mol. The highest BCUT2D eigenvalue weighted by Gasteiger charge is 2.67. The van der Waals surface area contributed by atoms with Crippen LogP contribution in [-0.4, -0.2) is 41.7 Å². The number of aromatic nitrogens is 1. The van der Waals surface area contributed by atoms with E-state index in [2.05, 4.69) is 15.3 Å². The molecular weight excluding hydrogens is 407 g/mol. The van der Waals surface area contributed by atoms with Crippen molar-refractivity contribution in [3.05, 3.63) is 58.6 Å². The molecule has 2 heterocycles. The molecule has 1 aromatic heterocycles. The lowest BCUT2D eigenvalue weighted by Gasteiger charge is -2.27. The number of hydrogen-bond donors (Lipinski definition) is 1. The zero-order valence-corrected chi connectivity index (χ0v) is 16.6. The molecule has 1 N–H and O–H groups in total. The molecule has 1 aliphatic heterocycles. The van der Waals surface area contributed by atoms with E-state index in [4.69, 9.17) is 11.6 Å². The van der Waals surface area contributed by atoms with Crippen LogP contribution >= 0.6 is 11.6 Å². The number of amidine groups is 1.